The molecule has 0 saturated carbocycles. The van der Waals surface area contributed by atoms with Crippen LogP contribution in [-0.2, 0) is 4.74 Å². The van der Waals surface area contributed by atoms with Crippen molar-refractivity contribution in [3.63, 3.8) is 0 Å². The van der Waals surface area contributed by atoms with Crippen LogP contribution in [0.25, 0.3) is 22.6 Å². The molecule has 2 aromatic carbocycles. The van der Waals surface area contributed by atoms with Gasteiger partial charge >= 0.3 is 0 Å². The Balaban J connectivity index is 1.42. The average Bonchev–Trinajstić information content (AvgIpc) is 3.38. The number of para-hydroxylation sites is 2. The van der Waals surface area contributed by atoms with E-state index in [2.05, 4.69) is 25.5 Å². The number of rotatable bonds is 8. The highest BCUT2D eigenvalue weighted by atomic mass is 35.5. The lowest BCUT2D eigenvalue weighted by atomic mass is 10.2. The van der Waals surface area contributed by atoms with Crippen molar-refractivity contribution in [3.05, 3.63) is 59.1 Å². The summed E-state index contributed by atoms with van der Waals surface area (Å²) in [5.41, 5.74) is 2.84. The summed E-state index contributed by atoms with van der Waals surface area (Å²) in [4.78, 5) is 20.3. The number of imidazole rings is 1. The molecule has 0 atom stereocenters. The number of hydrogen-bond acceptors (Lipinski definition) is 5. The highest BCUT2D eigenvalue weighted by molar-refractivity contribution is 6.32. The van der Waals surface area contributed by atoms with Crippen LogP contribution in [0.1, 0.15) is 16.8 Å². The molecule has 154 valence electrons. The van der Waals surface area contributed by atoms with Crippen LogP contribution in [0.3, 0.4) is 0 Å². The highest BCUT2D eigenvalue weighted by Gasteiger charge is 2.13. The molecule has 0 aliphatic rings. The van der Waals surface area contributed by atoms with Gasteiger partial charge in [0.25, 0.3) is 5.91 Å². The van der Waals surface area contributed by atoms with Gasteiger partial charge in [-0.05, 0) is 30.3 Å². The van der Waals surface area contributed by atoms with E-state index < -0.39 is 0 Å². The third-order valence-electron chi connectivity index (χ3n) is 4.41. The van der Waals surface area contributed by atoms with Gasteiger partial charge in [0.15, 0.2) is 11.6 Å². The predicted molar refractivity (Wildman–Crippen MR) is 115 cm³/mol. The van der Waals surface area contributed by atoms with Gasteiger partial charge in [0, 0.05) is 31.8 Å². The minimum atomic E-state index is -0.328. The number of carbonyl (C=O) groups excluding carboxylic acids is 1. The Morgan fingerprint density at radius 2 is 2.03 bits per heavy atom. The number of ether oxygens (including phenoxy) is 2. The largest absolute Gasteiger partial charge is 0.492 e. The molecule has 0 aliphatic heterocycles. The Morgan fingerprint density at radius 3 is 2.83 bits per heavy atom. The van der Waals surface area contributed by atoms with E-state index in [1.54, 1.807) is 31.4 Å². The molecule has 2 aromatic heterocycles. The van der Waals surface area contributed by atoms with Crippen LogP contribution in [0.5, 0.6) is 5.75 Å². The van der Waals surface area contributed by atoms with Crippen molar-refractivity contribution in [3.8, 4) is 17.3 Å². The number of benzene rings is 2. The first kappa shape index (κ1) is 19.9. The fraction of sp³-hybridized carbons (Fsp3) is 0.190. The first-order chi connectivity index (χ1) is 14.6. The number of aromatic nitrogens is 4. The second kappa shape index (κ2) is 8.98. The maximum Gasteiger partial charge on any atom is 0.256 e. The van der Waals surface area contributed by atoms with E-state index in [-0.39, 0.29) is 5.91 Å². The molecule has 2 heterocycles. The molecule has 8 nitrogen and oxygen atoms in total. The lowest BCUT2D eigenvalue weighted by molar-refractivity contribution is 0.102. The number of nitrogens with zero attached hydrogens (tertiary/aromatic N) is 2. The number of nitrogens with one attached hydrogen (secondary N) is 3. The molecule has 4 rings (SSSR count). The molecular weight excluding hydrogens is 406 g/mol. The van der Waals surface area contributed by atoms with Crippen molar-refractivity contribution in [2.24, 2.45) is 0 Å². The minimum absolute atomic E-state index is 0.328. The number of methoxy groups -OCH3 is 1. The molecule has 3 N–H and O–H groups in total. The number of halogens is 1. The van der Waals surface area contributed by atoms with E-state index in [1.165, 1.54) is 0 Å². The Hall–Kier alpha value is -3.36. The third kappa shape index (κ3) is 4.45. The van der Waals surface area contributed by atoms with Crippen LogP contribution < -0.4 is 10.1 Å². The number of fused-ring (bicyclic) bond motifs is 1. The summed E-state index contributed by atoms with van der Waals surface area (Å²) in [6.07, 6.45) is 0.752. The molecule has 9 heteroatoms. The SMILES string of the molecule is COCCCOc1ccc(C(=O)Nc2cc(-c3nc4ccccc4[nH]3)[nH]n2)cc1Cl. The van der Waals surface area contributed by atoms with Crippen molar-refractivity contribution in [1.29, 1.82) is 0 Å². The highest BCUT2D eigenvalue weighted by Crippen LogP contribution is 2.26. The van der Waals surface area contributed by atoms with Crippen molar-refractivity contribution < 1.29 is 14.3 Å². The summed E-state index contributed by atoms with van der Waals surface area (Å²) < 4.78 is 10.6. The lowest BCUT2D eigenvalue weighted by Gasteiger charge is -2.09. The van der Waals surface area contributed by atoms with Crippen molar-refractivity contribution in [2.75, 3.05) is 25.6 Å². The standard InChI is InChI=1S/C21H20ClN5O3/c1-29-9-4-10-30-18-8-7-13(11-14(18)22)21(28)25-19-12-17(26-27-19)20-23-15-5-2-3-6-16(15)24-20/h2-3,5-8,11-12H,4,9-10H2,1H3,(H,23,24)(H2,25,26,27,28). The van der Waals surface area contributed by atoms with Gasteiger partial charge in [-0.2, -0.15) is 5.10 Å². The number of anilines is 1. The normalized spacial score (nSPS) is 11.0. The molecule has 0 unspecified atom stereocenters. The fourth-order valence-corrected chi connectivity index (χ4v) is 3.16. The van der Waals surface area contributed by atoms with Crippen LogP contribution >= 0.6 is 11.6 Å². The maximum absolute atomic E-state index is 12.6. The van der Waals surface area contributed by atoms with Gasteiger partial charge < -0.3 is 19.8 Å². The topological polar surface area (TPSA) is 105 Å². The molecule has 1 amide bonds. The van der Waals surface area contributed by atoms with Gasteiger partial charge in [-0.3, -0.25) is 9.89 Å². The first-order valence-corrected chi connectivity index (χ1v) is 9.75. The van der Waals surface area contributed by atoms with Crippen LogP contribution in [0, 0.1) is 0 Å². The van der Waals surface area contributed by atoms with Gasteiger partial charge in [-0.1, -0.05) is 23.7 Å². The van der Waals surface area contributed by atoms with E-state index >= 15 is 0 Å². The Labute approximate surface area is 177 Å². The Bertz CT molecular complexity index is 1140. The van der Waals surface area contributed by atoms with Crippen molar-refractivity contribution >= 4 is 34.4 Å². The van der Waals surface area contributed by atoms with E-state index in [0.29, 0.717) is 46.9 Å². The number of H-pyrrole nitrogens is 2. The van der Waals surface area contributed by atoms with Gasteiger partial charge in [0.1, 0.15) is 11.4 Å². The Kier molecular flexibility index (Phi) is 5.97. The molecular formula is C21H20ClN5O3. The van der Waals surface area contributed by atoms with Crippen LogP contribution in [0.2, 0.25) is 5.02 Å². The van der Waals surface area contributed by atoms with Gasteiger partial charge in [-0.15, -0.1) is 0 Å². The molecule has 0 aliphatic carbocycles. The molecule has 0 fully saturated rings. The molecule has 30 heavy (non-hydrogen) atoms. The first-order valence-electron chi connectivity index (χ1n) is 9.37. The molecule has 0 radical (unpaired) electrons. The Morgan fingerprint density at radius 1 is 1.17 bits per heavy atom. The zero-order chi connectivity index (χ0) is 20.9. The molecule has 0 spiro atoms. The number of aromatic amines is 2. The summed E-state index contributed by atoms with van der Waals surface area (Å²) in [5, 5.41) is 10.1. The average molecular weight is 426 g/mol. The molecule has 0 saturated heterocycles. The van der Waals surface area contributed by atoms with Crippen LogP contribution in [-0.4, -0.2) is 46.4 Å². The van der Waals surface area contributed by atoms with E-state index in [0.717, 1.165) is 17.5 Å². The predicted octanol–water partition coefficient (Wildman–Crippen LogP) is 4.27. The van der Waals surface area contributed by atoms with Gasteiger partial charge in [0.2, 0.25) is 0 Å². The van der Waals surface area contributed by atoms with E-state index in [9.17, 15) is 4.79 Å². The number of hydrogen-bond donors (Lipinski definition) is 3. The third-order valence-corrected chi connectivity index (χ3v) is 4.70. The summed E-state index contributed by atoms with van der Waals surface area (Å²) in [5.74, 6) is 1.22. The van der Waals surface area contributed by atoms with Crippen LogP contribution in [0.4, 0.5) is 5.82 Å². The van der Waals surface area contributed by atoms with Gasteiger partial charge in [-0.25, -0.2) is 4.98 Å². The number of amides is 1. The fourth-order valence-electron chi connectivity index (χ4n) is 2.92. The number of carbonyl (C=O) groups is 1. The maximum atomic E-state index is 12.6. The second-order valence-corrected chi connectivity index (χ2v) is 6.97. The quantitative estimate of drug-likeness (QED) is 0.365. The summed E-state index contributed by atoms with van der Waals surface area (Å²) in [6, 6.07) is 14.3. The zero-order valence-electron chi connectivity index (χ0n) is 16.2. The summed E-state index contributed by atoms with van der Waals surface area (Å²) in [7, 11) is 1.64. The smallest absolute Gasteiger partial charge is 0.256 e. The van der Waals surface area contributed by atoms with Crippen LogP contribution in [0.15, 0.2) is 48.5 Å². The van der Waals surface area contributed by atoms with Gasteiger partial charge in [0.05, 0.1) is 22.7 Å². The second-order valence-electron chi connectivity index (χ2n) is 6.56. The van der Waals surface area contributed by atoms with E-state index in [1.807, 2.05) is 24.3 Å². The van der Waals surface area contributed by atoms with E-state index in [4.69, 9.17) is 21.1 Å². The molecule has 0 bridgehead atoms. The lowest BCUT2D eigenvalue weighted by Crippen LogP contribution is -2.12. The zero-order valence-corrected chi connectivity index (χ0v) is 17.0. The van der Waals surface area contributed by atoms with Crippen molar-refractivity contribution in [1.82, 2.24) is 20.2 Å². The monoisotopic (exact) mass is 425 g/mol. The summed E-state index contributed by atoms with van der Waals surface area (Å²) >= 11 is 6.24. The van der Waals surface area contributed by atoms with Crippen molar-refractivity contribution in [2.45, 2.75) is 6.42 Å². The molecule has 4 aromatic rings. The summed E-state index contributed by atoms with van der Waals surface area (Å²) in [6.45, 7) is 1.09. The minimum Gasteiger partial charge on any atom is -0.492 e.